The number of likely N-dealkylation sites (tertiary alicyclic amines) is 1. The van der Waals surface area contributed by atoms with E-state index in [2.05, 4.69) is 9.24 Å². The standard InChI is InChI=1S/C10H17NO2.CH3F.CH5P/c12-10(9-4-7-13-8-9)11-5-2-1-3-6-11;2*1-2/h9H,1-8H2;1H3;2H2,1H3. The van der Waals surface area contributed by atoms with Gasteiger partial charge in [-0.1, -0.05) is 6.66 Å². The lowest BCUT2D eigenvalue weighted by Crippen LogP contribution is -2.39. The minimum absolute atomic E-state index is 0.165. The third-order valence-electron chi connectivity index (χ3n) is 2.95. The van der Waals surface area contributed by atoms with Crippen LogP contribution in [0.4, 0.5) is 4.39 Å². The van der Waals surface area contributed by atoms with Crippen LogP contribution in [0.3, 0.4) is 0 Å². The molecule has 1 amide bonds. The summed E-state index contributed by atoms with van der Waals surface area (Å²) in [6, 6.07) is 0. The van der Waals surface area contributed by atoms with Crippen molar-refractivity contribution in [2.75, 3.05) is 40.1 Å². The Morgan fingerprint density at radius 1 is 1.24 bits per heavy atom. The second kappa shape index (κ2) is 10.9. The molecule has 2 unspecified atom stereocenters. The van der Waals surface area contributed by atoms with Gasteiger partial charge in [-0.05, 0) is 25.7 Å². The molecular formula is C12H25FNO2P. The van der Waals surface area contributed by atoms with Gasteiger partial charge in [-0.3, -0.25) is 9.18 Å². The first-order chi connectivity index (χ1) is 8.38. The number of ether oxygens (including phenoxy) is 1. The Morgan fingerprint density at radius 3 is 2.29 bits per heavy atom. The Bertz CT molecular complexity index is 193. The Morgan fingerprint density at radius 2 is 1.82 bits per heavy atom. The smallest absolute Gasteiger partial charge is 0.228 e. The number of carbonyl (C=O) groups is 1. The Hall–Kier alpha value is -0.210. The SMILES string of the molecule is CF.CP.O=C(C1CCOC1)N1CCCCC1. The Balaban J connectivity index is 0.000000581. The zero-order chi connectivity index (χ0) is 13.1. The average Bonchev–Trinajstić information content (AvgIpc) is 2.97. The summed E-state index contributed by atoms with van der Waals surface area (Å²) in [7, 11) is 2.92. The summed E-state index contributed by atoms with van der Waals surface area (Å²) >= 11 is 0. The fraction of sp³-hybridized carbons (Fsp3) is 0.917. The van der Waals surface area contributed by atoms with Gasteiger partial charge in [-0.15, -0.1) is 9.24 Å². The first-order valence-corrected chi connectivity index (χ1v) is 7.35. The normalized spacial score (nSPS) is 23.1. The van der Waals surface area contributed by atoms with E-state index in [4.69, 9.17) is 4.74 Å². The second-order valence-electron chi connectivity index (χ2n) is 3.95. The third kappa shape index (κ3) is 5.78. The van der Waals surface area contributed by atoms with Gasteiger partial charge in [0.05, 0.1) is 19.7 Å². The molecule has 0 aromatic rings. The van der Waals surface area contributed by atoms with Gasteiger partial charge in [0.1, 0.15) is 0 Å². The average molecular weight is 265 g/mol. The van der Waals surface area contributed by atoms with Gasteiger partial charge >= 0.3 is 0 Å². The highest BCUT2D eigenvalue weighted by Gasteiger charge is 2.28. The molecule has 0 aromatic heterocycles. The maximum Gasteiger partial charge on any atom is 0.228 e. The van der Waals surface area contributed by atoms with E-state index in [0.717, 1.165) is 26.1 Å². The molecule has 102 valence electrons. The van der Waals surface area contributed by atoms with E-state index in [1.165, 1.54) is 19.3 Å². The summed E-state index contributed by atoms with van der Waals surface area (Å²) in [5.74, 6) is 0.496. The lowest BCUT2D eigenvalue weighted by Gasteiger charge is -2.28. The molecule has 0 radical (unpaired) electrons. The van der Waals surface area contributed by atoms with Crippen molar-refractivity contribution in [2.24, 2.45) is 5.92 Å². The molecule has 0 saturated carbocycles. The van der Waals surface area contributed by atoms with Crippen LogP contribution in [-0.2, 0) is 9.53 Å². The first-order valence-electron chi connectivity index (χ1n) is 6.20. The number of piperidine rings is 1. The summed E-state index contributed by atoms with van der Waals surface area (Å²) < 4.78 is 14.7. The second-order valence-corrected chi connectivity index (χ2v) is 3.95. The van der Waals surface area contributed by atoms with Crippen molar-refractivity contribution in [3.63, 3.8) is 0 Å². The van der Waals surface area contributed by atoms with Gasteiger partial charge < -0.3 is 9.64 Å². The van der Waals surface area contributed by atoms with Gasteiger partial charge in [0.25, 0.3) is 0 Å². The molecule has 0 bridgehead atoms. The molecule has 17 heavy (non-hydrogen) atoms. The molecule has 0 aliphatic carbocycles. The van der Waals surface area contributed by atoms with Crippen molar-refractivity contribution in [2.45, 2.75) is 25.7 Å². The van der Waals surface area contributed by atoms with Gasteiger partial charge in [0.2, 0.25) is 5.91 Å². The first kappa shape index (κ1) is 16.8. The van der Waals surface area contributed by atoms with Crippen LogP contribution in [0.5, 0.6) is 0 Å². The lowest BCUT2D eigenvalue weighted by molar-refractivity contribution is -0.136. The number of hydrogen-bond acceptors (Lipinski definition) is 2. The number of halogens is 1. The minimum atomic E-state index is 0.165. The zero-order valence-corrected chi connectivity index (χ0v) is 12.1. The van der Waals surface area contributed by atoms with E-state index in [1.54, 1.807) is 0 Å². The zero-order valence-electron chi connectivity index (χ0n) is 11.0. The van der Waals surface area contributed by atoms with E-state index in [0.29, 0.717) is 19.7 Å². The summed E-state index contributed by atoms with van der Waals surface area (Å²) in [5.41, 5.74) is 0. The molecule has 2 atom stereocenters. The number of carbonyl (C=O) groups excluding carboxylic acids is 1. The van der Waals surface area contributed by atoms with E-state index >= 15 is 0 Å². The van der Waals surface area contributed by atoms with Crippen LogP contribution < -0.4 is 0 Å². The van der Waals surface area contributed by atoms with Crippen LogP contribution in [0.25, 0.3) is 0 Å². The predicted molar refractivity (Wildman–Crippen MR) is 72.0 cm³/mol. The third-order valence-corrected chi connectivity index (χ3v) is 2.95. The van der Waals surface area contributed by atoms with Crippen LogP contribution in [0, 0.1) is 5.92 Å². The van der Waals surface area contributed by atoms with Crippen LogP contribution in [0.1, 0.15) is 25.7 Å². The predicted octanol–water partition coefficient (Wildman–Crippen LogP) is 2.11. The van der Waals surface area contributed by atoms with Crippen LogP contribution in [0.15, 0.2) is 0 Å². The number of nitrogens with zero attached hydrogens (tertiary/aromatic N) is 1. The number of amides is 1. The van der Waals surface area contributed by atoms with Crippen LogP contribution in [0.2, 0.25) is 0 Å². The van der Waals surface area contributed by atoms with Gasteiger partial charge in [0, 0.05) is 19.7 Å². The monoisotopic (exact) mass is 265 g/mol. The molecule has 2 rings (SSSR count). The molecule has 0 spiro atoms. The van der Waals surface area contributed by atoms with E-state index in [9.17, 15) is 9.18 Å². The number of alkyl halides is 1. The van der Waals surface area contributed by atoms with Crippen molar-refractivity contribution in [1.29, 1.82) is 0 Å². The molecule has 2 aliphatic heterocycles. The van der Waals surface area contributed by atoms with Crippen LogP contribution in [-0.4, -0.2) is 51.0 Å². The molecular weight excluding hydrogens is 240 g/mol. The summed E-state index contributed by atoms with van der Waals surface area (Å²) in [6.45, 7) is 5.27. The largest absolute Gasteiger partial charge is 0.381 e. The molecule has 2 fully saturated rings. The summed E-state index contributed by atoms with van der Waals surface area (Å²) in [6.07, 6.45) is 4.57. The van der Waals surface area contributed by atoms with Crippen molar-refractivity contribution >= 4 is 15.1 Å². The maximum atomic E-state index is 11.8. The van der Waals surface area contributed by atoms with Crippen molar-refractivity contribution in [3.8, 4) is 0 Å². The van der Waals surface area contributed by atoms with E-state index in [1.807, 2.05) is 11.6 Å². The Kier molecular flexibility index (Phi) is 10.8. The molecule has 0 aromatic carbocycles. The highest BCUT2D eigenvalue weighted by molar-refractivity contribution is 7.15. The van der Waals surface area contributed by atoms with Crippen molar-refractivity contribution in [3.05, 3.63) is 0 Å². The lowest BCUT2D eigenvalue weighted by atomic mass is 10.0. The molecule has 0 N–H and O–H groups in total. The molecule has 2 aliphatic rings. The highest BCUT2D eigenvalue weighted by Crippen LogP contribution is 2.18. The number of rotatable bonds is 1. The van der Waals surface area contributed by atoms with Crippen molar-refractivity contribution in [1.82, 2.24) is 4.90 Å². The molecule has 3 nitrogen and oxygen atoms in total. The van der Waals surface area contributed by atoms with Crippen LogP contribution >= 0.6 is 9.24 Å². The molecule has 2 saturated heterocycles. The Labute approximate surface area is 106 Å². The summed E-state index contributed by atoms with van der Waals surface area (Å²) in [5, 5.41) is 0. The highest BCUT2D eigenvalue weighted by atomic mass is 31.0. The van der Waals surface area contributed by atoms with Gasteiger partial charge in [0.15, 0.2) is 0 Å². The molecule has 2 heterocycles. The van der Waals surface area contributed by atoms with Gasteiger partial charge in [-0.25, -0.2) is 0 Å². The fourth-order valence-electron chi connectivity index (χ4n) is 2.10. The fourth-order valence-corrected chi connectivity index (χ4v) is 2.10. The van der Waals surface area contributed by atoms with Crippen molar-refractivity contribution < 1.29 is 13.9 Å². The summed E-state index contributed by atoms with van der Waals surface area (Å²) in [4.78, 5) is 13.9. The van der Waals surface area contributed by atoms with E-state index in [-0.39, 0.29) is 5.92 Å². The quantitative estimate of drug-likeness (QED) is 0.680. The van der Waals surface area contributed by atoms with E-state index < -0.39 is 0 Å². The molecule has 5 heteroatoms. The van der Waals surface area contributed by atoms with Gasteiger partial charge in [-0.2, -0.15) is 0 Å². The topological polar surface area (TPSA) is 29.5 Å². The maximum absolute atomic E-state index is 11.8. The number of hydrogen-bond donors (Lipinski definition) is 0. The minimum Gasteiger partial charge on any atom is -0.381 e.